The molecule has 1 atom stereocenters. The van der Waals surface area contributed by atoms with E-state index in [9.17, 15) is 19.2 Å². The van der Waals surface area contributed by atoms with Crippen LogP contribution in [0.15, 0.2) is 91.0 Å². The third-order valence-electron chi connectivity index (χ3n) is 8.77. The van der Waals surface area contributed by atoms with E-state index < -0.39 is 36.5 Å². The summed E-state index contributed by atoms with van der Waals surface area (Å²) in [6.45, 7) is 7.77. The van der Waals surface area contributed by atoms with E-state index in [1.807, 2.05) is 67.6 Å². The smallest absolute Gasteiger partial charge is 0.407 e. The fourth-order valence-corrected chi connectivity index (χ4v) is 6.29. The molecule has 5 rings (SSSR count). The summed E-state index contributed by atoms with van der Waals surface area (Å²) in [5.74, 6) is -1.38. The Kier molecular flexibility index (Phi) is 12.8. The maximum atomic E-state index is 13.4. The Morgan fingerprint density at radius 2 is 1.40 bits per heavy atom. The van der Waals surface area contributed by atoms with Crippen LogP contribution in [0.25, 0.3) is 21.5 Å². The van der Waals surface area contributed by atoms with Crippen LogP contribution in [0.3, 0.4) is 0 Å². The number of alkyl carbamates (subject to hydrolysis) is 1. The Bertz CT molecular complexity index is 1980. The summed E-state index contributed by atoms with van der Waals surface area (Å²) in [5.41, 5.74) is 6.72. The lowest BCUT2D eigenvalue weighted by atomic mass is 9.95. The molecule has 0 heterocycles. The summed E-state index contributed by atoms with van der Waals surface area (Å²) < 4.78 is 11.4. The molecule has 270 valence electrons. The first kappa shape index (κ1) is 37.4. The molecule has 0 radical (unpaired) electrons. The second-order valence-corrected chi connectivity index (χ2v) is 12.8. The molecule has 10 heteroatoms. The fourth-order valence-electron chi connectivity index (χ4n) is 6.29. The maximum Gasteiger partial charge on any atom is 0.407 e. The molecular weight excluding hydrogens is 658 g/mol. The predicted octanol–water partition coefficient (Wildman–Crippen LogP) is 6.98. The molecule has 5 aromatic carbocycles. The summed E-state index contributed by atoms with van der Waals surface area (Å²) in [6.07, 6.45) is 1.76. The molecule has 0 saturated heterocycles. The first-order chi connectivity index (χ1) is 25.1. The number of nitrogens with one attached hydrogen (secondary N) is 3. The van der Waals surface area contributed by atoms with Crippen LogP contribution in [0.2, 0.25) is 0 Å². The number of unbranched alkanes of at least 4 members (excludes halogenated alkanes) is 1. The zero-order valence-corrected chi connectivity index (χ0v) is 30.0. The van der Waals surface area contributed by atoms with Crippen molar-refractivity contribution >= 4 is 45.4 Å². The Balaban J connectivity index is 1.21. The van der Waals surface area contributed by atoms with Crippen molar-refractivity contribution < 1.29 is 33.5 Å². The van der Waals surface area contributed by atoms with E-state index in [1.165, 1.54) is 0 Å². The van der Waals surface area contributed by atoms with E-state index in [0.29, 0.717) is 24.3 Å². The van der Waals surface area contributed by atoms with Gasteiger partial charge in [0.05, 0.1) is 25.3 Å². The zero-order valence-electron chi connectivity index (χ0n) is 30.0. The number of ether oxygens (including phenoxy) is 2. The van der Waals surface area contributed by atoms with Gasteiger partial charge in [-0.3, -0.25) is 9.59 Å². The number of rotatable bonds is 14. The third-order valence-corrected chi connectivity index (χ3v) is 8.77. The highest BCUT2D eigenvalue weighted by molar-refractivity contribution is 6.02. The van der Waals surface area contributed by atoms with Crippen LogP contribution in [0.1, 0.15) is 57.9 Å². The molecule has 52 heavy (non-hydrogen) atoms. The van der Waals surface area contributed by atoms with Gasteiger partial charge < -0.3 is 24.9 Å². The third kappa shape index (κ3) is 9.87. The molecule has 0 aromatic heterocycles. The molecule has 3 N–H and O–H groups in total. The first-order valence-electron chi connectivity index (χ1n) is 17.5. The average Bonchev–Trinajstić information content (AvgIpc) is 3.12. The second-order valence-electron chi connectivity index (χ2n) is 12.8. The second kappa shape index (κ2) is 17.8. The lowest BCUT2D eigenvalue weighted by Gasteiger charge is -2.19. The summed E-state index contributed by atoms with van der Waals surface area (Å²) in [7, 11) is 0. The van der Waals surface area contributed by atoms with Crippen molar-refractivity contribution in [3.05, 3.63) is 124 Å². The van der Waals surface area contributed by atoms with Gasteiger partial charge in [-0.15, -0.1) is 0 Å². The monoisotopic (exact) mass is 703 g/mol. The number of benzene rings is 5. The Morgan fingerprint density at radius 1 is 0.769 bits per heavy atom. The van der Waals surface area contributed by atoms with Crippen molar-refractivity contribution in [1.29, 1.82) is 0 Å². The minimum atomic E-state index is -1.08. The average molecular weight is 704 g/mol. The molecule has 0 bridgehead atoms. The number of fused-ring (bicyclic) bond motifs is 2. The minimum absolute atomic E-state index is 0.0790. The largest absolute Gasteiger partial charge is 0.494 e. The lowest BCUT2D eigenvalue weighted by molar-refractivity contribution is -0.132. The maximum absolute atomic E-state index is 13.4. The van der Waals surface area contributed by atoms with Gasteiger partial charge in [0.1, 0.15) is 11.8 Å². The van der Waals surface area contributed by atoms with Gasteiger partial charge in [-0.05, 0) is 89.2 Å². The van der Waals surface area contributed by atoms with Crippen LogP contribution >= 0.6 is 0 Å². The summed E-state index contributed by atoms with van der Waals surface area (Å²) in [5, 5.41) is 9.56. The van der Waals surface area contributed by atoms with E-state index in [0.717, 1.165) is 62.2 Å². The SMILES string of the molecule is CCCCOc1ccc(C[C@H](NC(=O)OCCc2c3ccccc3cc3ccccc23)C(=O)NCC(=O)NOC(=O)c2c(C)cc(C)cc2C)cc1. The number of aryl methyl sites for hydroxylation is 3. The molecule has 10 nitrogen and oxygen atoms in total. The normalized spacial score (nSPS) is 11.5. The minimum Gasteiger partial charge on any atom is -0.494 e. The van der Waals surface area contributed by atoms with Crippen molar-refractivity contribution in [3.8, 4) is 5.75 Å². The van der Waals surface area contributed by atoms with Gasteiger partial charge in [0, 0.05) is 12.8 Å². The van der Waals surface area contributed by atoms with Gasteiger partial charge in [0.2, 0.25) is 5.91 Å². The Morgan fingerprint density at radius 3 is 2.04 bits per heavy atom. The van der Waals surface area contributed by atoms with E-state index in [2.05, 4.69) is 53.4 Å². The number of carbonyl (C=O) groups is 4. The van der Waals surface area contributed by atoms with Gasteiger partial charge in [-0.25, -0.2) is 9.59 Å². The predicted molar refractivity (Wildman–Crippen MR) is 201 cm³/mol. The van der Waals surface area contributed by atoms with Crippen molar-refractivity contribution in [1.82, 2.24) is 16.1 Å². The number of carbonyl (C=O) groups excluding carboxylic acids is 4. The highest BCUT2D eigenvalue weighted by atomic mass is 16.7. The fraction of sp³-hybridized carbons (Fsp3) is 0.286. The number of hydrogen-bond donors (Lipinski definition) is 3. The Hall–Kier alpha value is -5.90. The number of hydrogen-bond acceptors (Lipinski definition) is 7. The van der Waals surface area contributed by atoms with Gasteiger partial charge in [-0.2, -0.15) is 5.48 Å². The summed E-state index contributed by atoms with van der Waals surface area (Å²) >= 11 is 0. The van der Waals surface area contributed by atoms with E-state index in [1.54, 1.807) is 13.8 Å². The van der Waals surface area contributed by atoms with Crippen LogP contribution in [-0.2, 0) is 32.0 Å². The number of hydroxylamine groups is 1. The molecule has 3 amide bonds. The van der Waals surface area contributed by atoms with Crippen LogP contribution in [0, 0.1) is 20.8 Å². The summed E-state index contributed by atoms with van der Waals surface area (Å²) in [6, 6.07) is 28.2. The molecule has 0 aliphatic carbocycles. The van der Waals surface area contributed by atoms with Crippen molar-refractivity contribution in [2.75, 3.05) is 19.8 Å². The molecule has 5 aromatic rings. The van der Waals surface area contributed by atoms with Crippen LogP contribution in [0.4, 0.5) is 4.79 Å². The van der Waals surface area contributed by atoms with Crippen LogP contribution in [0.5, 0.6) is 5.75 Å². The van der Waals surface area contributed by atoms with E-state index in [4.69, 9.17) is 14.3 Å². The lowest BCUT2D eigenvalue weighted by Crippen LogP contribution is -2.50. The van der Waals surface area contributed by atoms with Gasteiger partial charge in [0.15, 0.2) is 0 Å². The number of amides is 3. The van der Waals surface area contributed by atoms with Crippen molar-refractivity contribution in [2.24, 2.45) is 0 Å². The molecule has 0 aliphatic rings. The molecule has 0 aliphatic heterocycles. The summed E-state index contributed by atoms with van der Waals surface area (Å²) in [4.78, 5) is 56.8. The van der Waals surface area contributed by atoms with Gasteiger partial charge in [0.25, 0.3) is 5.91 Å². The highest BCUT2D eigenvalue weighted by Gasteiger charge is 2.24. The molecule has 0 fully saturated rings. The first-order valence-corrected chi connectivity index (χ1v) is 17.5. The van der Waals surface area contributed by atoms with Gasteiger partial charge in [-0.1, -0.05) is 91.7 Å². The quantitative estimate of drug-likeness (QED) is 0.0646. The van der Waals surface area contributed by atoms with E-state index >= 15 is 0 Å². The molecular formula is C42H45N3O7. The standard InChI is InChI=1S/C42H45N3O7/c1-5-6-20-50-33-17-15-30(16-18-33)24-37(40(47)43-26-38(46)45-52-41(48)39-28(3)22-27(2)23-29(39)4)44-42(49)51-21-19-36-34-13-9-7-11-31(34)25-32-12-8-10-14-35(32)36/h7-18,22-23,25,37H,5-6,19-21,24,26H2,1-4H3,(H,43,47)(H,44,49)(H,45,46)/t37-/m0/s1. The molecule has 0 spiro atoms. The highest BCUT2D eigenvalue weighted by Crippen LogP contribution is 2.29. The molecule has 0 unspecified atom stereocenters. The van der Waals surface area contributed by atoms with Crippen LogP contribution in [-0.4, -0.2) is 49.7 Å². The molecule has 0 saturated carbocycles. The topological polar surface area (TPSA) is 132 Å². The van der Waals surface area contributed by atoms with Gasteiger partial charge >= 0.3 is 12.1 Å². The van der Waals surface area contributed by atoms with Crippen LogP contribution < -0.4 is 20.9 Å². The Labute approximate surface area is 303 Å². The van der Waals surface area contributed by atoms with E-state index in [-0.39, 0.29) is 13.0 Å². The van der Waals surface area contributed by atoms with Crippen molar-refractivity contribution in [3.63, 3.8) is 0 Å². The zero-order chi connectivity index (χ0) is 37.0. The van der Waals surface area contributed by atoms with Crippen molar-refractivity contribution in [2.45, 2.75) is 59.4 Å².